The van der Waals surface area contributed by atoms with Gasteiger partial charge < -0.3 is 15.8 Å². The predicted octanol–water partition coefficient (Wildman–Crippen LogP) is -0.236. The molecule has 1 atom stereocenters. The molecule has 2 rings (SSSR count). The van der Waals surface area contributed by atoms with Crippen molar-refractivity contribution in [2.75, 3.05) is 25.4 Å². The summed E-state index contributed by atoms with van der Waals surface area (Å²) in [5, 5.41) is 3.13. The molecular weight excluding hydrogens is 206 g/mol. The zero-order valence-corrected chi connectivity index (χ0v) is 8.98. The van der Waals surface area contributed by atoms with Crippen molar-refractivity contribution in [3.8, 4) is 0 Å². The average molecular weight is 221 g/mol. The topological polar surface area (TPSA) is 77.2 Å². The Morgan fingerprint density at radius 3 is 3.25 bits per heavy atom. The molecule has 2 heterocycles. The number of hydrogen-bond donors (Lipinski definition) is 2. The van der Waals surface area contributed by atoms with E-state index in [-0.39, 0.29) is 11.9 Å². The van der Waals surface area contributed by atoms with Gasteiger partial charge in [-0.3, -0.25) is 4.79 Å². The van der Waals surface area contributed by atoms with Gasteiger partial charge in [0.05, 0.1) is 6.61 Å². The van der Waals surface area contributed by atoms with Gasteiger partial charge in [-0.05, 0) is 17.7 Å². The lowest BCUT2D eigenvalue weighted by atomic mass is 10.1. The highest BCUT2D eigenvalue weighted by atomic mass is 16.5. The van der Waals surface area contributed by atoms with E-state index in [1.54, 1.807) is 18.3 Å². The van der Waals surface area contributed by atoms with Gasteiger partial charge in [-0.15, -0.1) is 0 Å². The Hall–Kier alpha value is -1.46. The zero-order valence-electron chi connectivity index (χ0n) is 8.98. The first-order valence-electron chi connectivity index (χ1n) is 5.31. The molecule has 0 spiro atoms. The highest BCUT2D eigenvalue weighted by Crippen LogP contribution is 2.07. The number of nitrogens with zero attached hydrogens (tertiary/aromatic N) is 1. The fourth-order valence-electron chi connectivity index (χ4n) is 1.69. The molecule has 0 bridgehead atoms. The van der Waals surface area contributed by atoms with E-state index < -0.39 is 0 Å². The number of anilines is 1. The Balaban J connectivity index is 1.96. The number of nitrogens with one attached hydrogen (secondary N) is 1. The first-order chi connectivity index (χ1) is 7.75. The first kappa shape index (κ1) is 11.0. The van der Waals surface area contributed by atoms with Crippen LogP contribution in [0.1, 0.15) is 5.56 Å². The normalized spacial score (nSPS) is 20.6. The molecule has 1 aromatic heterocycles. The van der Waals surface area contributed by atoms with Gasteiger partial charge in [0.15, 0.2) is 5.78 Å². The van der Waals surface area contributed by atoms with Crippen molar-refractivity contribution in [2.24, 2.45) is 0 Å². The third kappa shape index (κ3) is 2.77. The Morgan fingerprint density at radius 1 is 1.69 bits per heavy atom. The standard InChI is InChI=1S/C11H15N3O2/c12-11-6-8(1-2-14-11)5-9(15)10-7-13-3-4-16-10/h1-2,6,10,13H,3-5,7H2,(H2,12,14). The zero-order chi connectivity index (χ0) is 11.4. The molecule has 0 amide bonds. The first-order valence-corrected chi connectivity index (χ1v) is 5.31. The lowest BCUT2D eigenvalue weighted by Crippen LogP contribution is -2.43. The molecule has 1 saturated heterocycles. The van der Waals surface area contributed by atoms with E-state index in [4.69, 9.17) is 10.5 Å². The quantitative estimate of drug-likeness (QED) is 0.737. The summed E-state index contributed by atoms with van der Waals surface area (Å²) < 4.78 is 5.38. The van der Waals surface area contributed by atoms with E-state index in [1.807, 2.05) is 0 Å². The molecule has 0 saturated carbocycles. The molecule has 1 aromatic rings. The summed E-state index contributed by atoms with van der Waals surface area (Å²) in [6.07, 6.45) is 1.62. The highest BCUT2D eigenvalue weighted by molar-refractivity contribution is 5.85. The Kier molecular flexibility index (Phi) is 3.48. The molecule has 0 aromatic carbocycles. The van der Waals surface area contributed by atoms with Crippen LogP contribution in [0.25, 0.3) is 0 Å². The number of rotatable bonds is 3. The third-order valence-electron chi connectivity index (χ3n) is 2.51. The molecule has 5 nitrogen and oxygen atoms in total. The SMILES string of the molecule is Nc1cc(CC(=O)C2CNCCO2)ccn1. The minimum Gasteiger partial charge on any atom is -0.384 e. The minimum atomic E-state index is -0.330. The van der Waals surface area contributed by atoms with Gasteiger partial charge in [-0.2, -0.15) is 0 Å². The molecule has 1 aliphatic rings. The van der Waals surface area contributed by atoms with Crippen LogP contribution < -0.4 is 11.1 Å². The summed E-state index contributed by atoms with van der Waals surface area (Å²) in [6, 6.07) is 3.51. The highest BCUT2D eigenvalue weighted by Gasteiger charge is 2.21. The molecule has 5 heteroatoms. The fraction of sp³-hybridized carbons (Fsp3) is 0.455. The Morgan fingerprint density at radius 2 is 2.56 bits per heavy atom. The number of morpholine rings is 1. The molecule has 1 unspecified atom stereocenters. The number of carbonyl (C=O) groups excluding carboxylic acids is 1. The summed E-state index contributed by atoms with van der Waals surface area (Å²) in [5.74, 6) is 0.519. The van der Waals surface area contributed by atoms with Gasteiger partial charge in [0.2, 0.25) is 0 Å². The second kappa shape index (κ2) is 5.05. The van der Waals surface area contributed by atoms with Crippen molar-refractivity contribution in [1.82, 2.24) is 10.3 Å². The molecular formula is C11H15N3O2. The summed E-state index contributed by atoms with van der Waals surface area (Å²) in [5.41, 5.74) is 6.43. The average Bonchev–Trinajstić information content (AvgIpc) is 2.30. The van der Waals surface area contributed by atoms with Gasteiger partial charge >= 0.3 is 0 Å². The summed E-state index contributed by atoms with van der Waals surface area (Å²) >= 11 is 0. The third-order valence-corrected chi connectivity index (χ3v) is 2.51. The maximum atomic E-state index is 11.9. The number of Topliss-reactive ketones (excluding diaryl/α,β-unsaturated/α-hetero) is 1. The van der Waals surface area contributed by atoms with Crippen molar-refractivity contribution in [3.05, 3.63) is 23.9 Å². The van der Waals surface area contributed by atoms with Crippen LogP contribution >= 0.6 is 0 Å². The Labute approximate surface area is 94.0 Å². The number of ketones is 1. The summed E-state index contributed by atoms with van der Waals surface area (Å²) in [7, 11) is 0. The minimum absolute atomic E-state index is 0.0813. The molecule has 0 aliphatic carbocycles. The second-order valence-corrected chi connectivity index (χ2v) is 3.80. The molecule has 1 fully saturated rings. The van der Waals surface area contributed by atoms with Gasteiger partial charge in [0, 0.05) is 25.7 Å². The predicted molar refractivity (Wildman–Crippen MR) is 60.0 cm³/mol. The number of hydrogen-bond acceptors (Lipinski definition) is 5. The number of nitrogen functional groups attached to an aromatic ring is 1. The maximum absolute atomic E-state index is 11.9. The number of carbonyl (C=O) groups is 1. The molecule has 1 aliphatic heterocycles. The van der Waals surface area contributed by atoms with Gasteiger partial charge in [-0.25, -0.2) is 4.98 Å². The van der Waals surface area contributed by atoms with Crippen molar-refractivity contribution < 1.29 is 9.53 Å². The lowest BCUT2D eigenvalue weighted by Gasteiger charge is -2.22. The number of ether oxygens (including phenoxy) is 1. The lowest BCUT2D eigenvalue weighted by molar-refractivity contribution is -0.131. The number of aromatic nitrogens is 1. The summed E-state index contributed by atoms with van der Waals surface area (Å²) in [6.45, 7) is 2.00. The number of nitrogens with two attached hydrogens (primary N) is 1. The van der Waals surface area contributed by atoms with Crippen LogP contribution in [-0.2, 0) is 16.0 Å². The maximum Gasteiger partial charge on any atom is 0.167 e. The van der Waals surface area contributed by atoms with E-state index in [0.29, 0.717) is 25.4 Å². The smallest absolute Gasteiger partial charge is 0.167 e. The van der Waals surface area contributed by atoms with Gasteiger partial charge in [0.25, 0.3) is 0 Å². The summed E-state index contributed by atoms with van der Waals surface area (Å²) in [4.78, 5) is 15.7. The number of pyridine rings is 1. The largest absolute Gasteiger partial charge is 0.384 e. The van der Waals surface area contributed by atoms with E-state index >= 15 is 0 Å². The van der Waals surface area contributed by atoms with E-state index in [0.717, 1.165) is 12.1 Å². The fourth-order valence-corrected chi connectivity index (χ4v) is 1.69. The van der Waals surface area contributed by atoms with Crippen LogP contribution in [0.5, 0.6) is 0 Å². The second-order valence-electron chi connectivity index (χ2n) is 3.80. The monoisotopic (exact) mass is 221 g/mol. The molecule has 0 radical (unpaired) electrons. The van der Waals surface area contributed by atoms with Gasteiger partial charge in [0.1, 0.15) is 11.9 Å². The van der Waals surface area contributed by atoms with E-state index in [9.17, 15) is 4.79 Å². The van der Waals surface area contributed by atoms with E-state index in [2.05, 4.69) is 10.3 Å². The van der Waals surface area contributed by atoms with Gasteiger partial charge in [-0.1, -0.05) is 0 Å². The van der Waals surface area contributed by atoms with Crippen LogP contribution in [0.4, 0.5) is 5.82 Å². The Bertz CT molecular complexity index is 375. The molecule has 16 heavy (non-hydrogen) atoms. The van der Waals surface area contributed by atoms with Crippen LogP contribution in [-0.4, -0.2) is 36.6 Å². The van der Waals surface area contributed by atoms with Crippen LogP contribution in [0.15, 0.2) is 18.3 Å². The van der Waals surface area contributed by atoms with Crippen molar-refractivity contribution >= 4 is 11.6 Å². The molecule has 3 N–H and O–H groups in total. The van der Waals surface area contributed by atoms with E-state index in [1.165, 1.54) is 0 Å². The molecule has 86 valence electrons. The van der Waals surface area contributed by atoms with Crippen molar-refractivity contribution in [3.63, 3.8) is 0 Å². The van der Waals surface area contributed by atoms with Crippen LogP contribution in [0, 0.1) is 0 Å². The van der Waals surface area contributed by atoms with Crippen LogP contribution in [0.2, 0.25) is 0 Å². The van der Waals surface area contributed by atoms with Crippen molar-refractivity contribution in [2.45, 2.75) is 12.5 Å². The van der Waals surface area contributed by atoms with Crippen molar-refractivity contribution in [1.29, 1.82) is 0 Å². The van der Waals surface area contributed by atoms with Crippen LogP contribution in [0.3, 0.4) is 0 Å².